The summed E-state index contributed by atoms with van der Waals surface area (Å²) in [7, 11) is 0. The van der Waals surface area contributed by atoms with Crippen LogP contribution in [0.4, 0.5) is 0 Å². The third-order valence-corrected chi connectivity index (χ3v) is 7.99. The van der Waals surface area contributed by atoms with Gasteiger partial charge in [-0.3, -0.25) is 9.69 Å². The van der Waals surface area contributed by atoms with Gasteiger partial charge in [0.2, 0.25) is 5.91 Å². The number of benzene rings is 3. The molecule has 1 heterocycles. The van der Waals surface area contributed by atoms with Crippen molar-refractivity contribution in [1.82, 2.24) is 10.2 Å². The quantitative estimate of drug-likeness (QED) is 0.219. The van der Waals surface area contributed by atoms with Crippen molar-refractivity contribution < 1.29 is 20.1 Å². The van der Waals surface area contributed by atoms with Crippen LogP contribution in [0.3, 0.4) is 0 Å². The fourth-order valence-electron chi connectivity index (χ4n) is 6.04. The molecule has 6 heteroatoms. The Morgan fingerprint density at radius 3 is 1.71 bits per heavy atom. The standard InChI is InChI=1S/C32H40N2O4/c1-2-27-30(37)31(38)28(23-35)34(27)21-13-12-20-33-29(36)22-32(24-14-6-3-7-15-24,25-16-8-4-9-17-25)26-18-10-5-11-19-26/h3-11,14-19,27-28,30-31,35,37-38H,2,12-13,20-23H2,1H3,(H,33,36)/t27-,28-,30-,31-/m1/s1. The predicted molar refractivity (Wildman–Crippen MR) is 150 cm³/mol. The zero-order chi connectivity index (χ0) is 27.0. The molecular formula is C32H40N2O4. The van der Waals surface area contributed by atoms with Gasteiger partial charge < -0.3 is 20.6 Å². The van der Waals surface area contributed by atoms with E-state index in [2.05, 4.69) is 41.7 Å². The number of rotatable bonds is 12. The second-order valence-corrected chi connectivity index (χ2v) is 10.2. The lowest BCUT2D eigenvalue weighted by molar-refractivity contribution is -0.121. The van der Waals surface area contributed by atoms with Gasteiger partial charge in [-0.1, -0.05) is 97.9 Å². The van der Waals surface area contributed by atoms with E-state index < -0.39 is 23.7 Å². The summed E-state index contributed by atoms with van der Waals surface area (Å²) in [6.45, 7) is 2.97. The van der Waals surface area contributed by atoms with Crippen LogP contribution in [0.15, 0.2) is 91.0 Å². The van der Waals surface area contributed by atoms with E-state index in [-0.39, 0.29) is 25.0 Å². The Morgan fingerprint density at radius 2 is 1.26 bits per heavy atom. The third kappa shape index (κ3) is 5.84. The van der Waals surface area contributed by atoms with E-state index in [1.807, 2.05) is 66.4 Å². The summed E-state index contributed by atoms with van der Waals surface area (Å²) in [5.41, 5.74) is 2.58. The first-order chi connectivity index (χ1) is 18.5. The van der Waals surface area contributed by atoms with Crippen LogP contribution in [0.25, 0.3) is 0 Å². The van der Waals surface area contributed by atoms with E-state index in [1.165, 1.54) is 0 Å². The summed E-state index contributed by atoms with van der Waals surface area (Å²) in [4.78, 5) is 15.5. The van der Waals surface area contributed by atoms with Crippen molar-refractivity contribution in [3.05, 3.63) is 108 Å². The number of carbonyl (C=O) groups is 1. The van der Waals surface area contributed by atoms with Gasteiger partial charge in [-0.15, -0.1) is 0 Å². The molecule has 3 aromatic rings. The molecule has 4 atom stereocenters. The zero-order valence-corrected chi connectivity index (χ0v) is 22.1. The van der Waals surface area contributed by atoms with E-state index in [0.29, 0.717) is 19.5 Å². The van der Waals surface area contributed by atoms with Crippen LogP contribution in [-0.4, -0.2) is 70.1 Å². The van der Waals surface area contributed by atoms with E-state index in [0.717, 1.165) is 29.5 Å². The van der Waals surface area contributed by atoms with E-state index in [9.17, 15) is 20.1 Å². The first-order valence-corrected chi connectivity index (χ1v) is 13.7. The summed E-state index contributed by atoms with van der Waals surface area (Å²) in [6, 6.07) is 30.0. The maximum Gasteiger partial charge on any atom is 0.221 e. The van der Waals surface area contributed by atoms with Crippen LogP contribution in [0.5, 0.6) is 0 Å². The molecule has 1 saturated heterocycles. The van der Waals surface area contributed by atoms with E-state index in [1.54, 1.807) is 0 Å². The first kappa shape index (κ1) is 28.0. The molecule has 4 N–H and O–H groups in total. The molecular weight excluding hydrogens is 476 g/mol. The molecule has 0 saturated carbocycles. The van der Waals surface area contributed by atoms with Gasteiger partial charge in [0.15, 0.2) is 0 Å². The largest absolute Gasteiger partial charge is 0.395 e. The van der Waals surface area contributed by atoms with Crippen molar-refractivity contribution in [2.24, 2.45) is 0 Å². The molecule has 0 aliphatic carbocycles. The van der Waals surface area contributed by atoms with Gasteiger partial charge in [0.05, 0.1) is 30.3 Å². The van der Waals surface area contributed by atoms with Crippen LogP contribution in [0.1, 0.15) is 49.3 Å². The fraction of sp³-hybridized carbons (Fsp3) is 0.406. The Hall–Kier alpha value is -3.03. The summed E-state index contributed by atoms with van der Waals surface area (Å²) >= 11 is 0. The second-order valence-electron chi connectivity index (χ2n) is 10.2. The van der Waals surface area contributed by atoms with Crippen molar-refractivity contribution in [3.63, 3.8) is 0 Å². The molecule has 1 amide bonds. The molecule has 3 aromatic carbocycles. The summed E-state index contributed by atoms with van der Waals surface area (Å²) in [5, 5.41) is 33.5. The minimum Gasteiger partial charge on any atom is -0.395 e. The number of nitrogens with one attached hydrogen (secondary N) is 1. The summed E-state index contributed by atoms with van der Waals surface area (Å²) < 4.78 is 0. The smallest absolute Gasteiger partial charge is 0.221 e. The highest BCUT2D eigenvalue weighted by Crippen LogP contribution is 2.42. The first-order valence-electron chi connectivity index (χ1n) is 13.7. The molecule has 0 radical (unpaired) electrons. The Labute approximate surface area is 226 Å². The molecule has 4 rings (SSSR count). The minimum atomic E-state index is -0.938. The van der Waals surface area contributed by atoms with Gasteiger partial charge in [-0.25, -0.2) is 0 Å². The van der Waals surface area contributed by atoms with Crippen LogP contribution in [0, 0.1) is 0 Å². The van der Waals surface area contributed by atoms with Gasteiger partial charge in [0, 0.05) is 19.0 Å². The lowest BCUT2D eigenvalue weighted by Crippen LogP contribution is -2.42. The second kappa shape index (κ2) is 13.2. The average Bonchev–Trinajstić information content (AvgIpc) is 3.20. The molecule has 1 fully saturated rings. The molecule has 0 aromatic heterocycles. The van der Waals surface area contributed by atoms with Crippen molar-refractivity contribution in [2.75, 3.05) is 19.7 Å². The number of aliphatic hydroxyl groups is 3. The molecule has 6 nitrogen and oxygen atoms in total. The maximum atomic E-state index is 13.5. The highest BCUT2D eigenvalue weighted by atomic mass is 16.3. The SMILES string of the molecule is CC[C@@H]1[C@@H](O)[C@H](O)[C@@H](CO)N1CCCCNC(=O)CC(c1ccccc1)(c1ccccc1)c1ccccc1. The Morgan fingerprint density at radius 1 is 0.789 bits per heavy atom. The normalized spacial score (nSPS) is 21.9. The fourth-order valence-corrected chi connectivity index (χ4v) is 6.04. The lowest BCUT2D eigenvalue weighted by atomic mass is 9.67. The number of likely N-dealkylation sites (tertiary alicyclic amines) is 1. The molecule has 1 aliphatic heterocycles. The number of nitrogens with zero attached hydrogens (tertiary/aromatic N) is 1. The summed E-state index contributed by atoms with van der Waals surface area (Å²) in [6.07, 6.45) is 0.739. The molecule has 0 spiro atoms. The van der Waals surface area contributed by atoms with Gasteiger partial charge in [-0.05, 0) is 42.5 Å². The van der Waals surface area contributed by atoms with Crippen molar-refractivity contribution in [3.8, 4) is 0 Å². The highest BCUT2D eigenvalue weighted by molar-refractivity contribution is 5.80. The van der Waals surface area contributed by atoms with Crippen LogP contribution < -0.4 is 5.32 Å². The van der Waals surface area contributed by atoms with Gasteiger partial charge in [0.1, 0.15) is 0 Å². The number of carbonyl (C=O) groups excluding carboxylic acids is 1. The van der Waals surface area contributed by atoms with E-state index >= 15 is 0 Å². The average molecular weight is 517 g/mol. The zero-order valence-electron chi connectivity index (χ0n) is 22.1. The van der Waals surface area contributed by atoms with Crippen LogP contribution in [-0.2, 0) is 10.2 Å². The lowest BCUT2D eigenvalue weighted by Gasteiger charge is -2.35. The maximum absolute atomic E-state index is 13.5. The number of unbranched alkanes of at least 4 members (excludes halogenated alkanes) is 1. The van der Waals surface area contributed by atoms with Crippen LogP contribution in [0.2, 0.25) is 0 Å². The Bertz CT molecular complexity index is 1010. The number of hydrogen-bond acceptors (Lipinski definition) is 5. The Kier molecular flexibility index (Phi) is 9.69. The van der Waals surface area contributed by atoms with Gasteiger partial charge in [-0.2, -0.15) is 0 Å². The number of aliphatic hydroxyl groups excluding tert-OH is 3. The molecule has 0 bridgehead atoms. The summed E-state index contributed by atoms with van der Waals surface area (Å²) in [5.74, 6) is -0.0201. The van der Waals surface area contributed by atoms with Crippen LogP contribution >= 0.6 is 0 Å². The molecule has 1 aliphatic rings. The molecule has 0 unspecified atom stereocenters. The highest BCUT2D eigenvalue weighted by Gasteiger charge is 2.45. The topological polar surface area (TPSA) is 93.0 Å². The monoisotopic (exact) mass is 516 g/mol. The minimum absolute atomic E-state index is 0.0201. The van der Waals surface area contributed by atoms with Gasteiger partial charge in [0.25, 0.3) is 0 Å². The number of amides is 1. The van der Waals surface area contributed by atoms with Crippen molar-refractivity contribution >= 4 is 5.91 Å². The van der Waals surface area contributed by atoms with Crippen molar-refractivity contribution in [1.29, 1.82) is 0 Å². The predicted octanol–water partition coefficient (Wildman–Crippen LogP) is 3.48. The Balaban J connectivity index is 1.45. The third-order valence-electron chi connectivity index (χ3n) is 7.99. The van der Waals surface area contributed by atoms with Gasteiger partial charge >= 0.3 is 0 Å². The number of hydrogen-bond donors (Lipinski definition) is 4. The molecule has 202 valence electrons. The molecule has 38 heavy (non-hydrogen) atoms. The van der Waals surface area contributed by atoms with E-state index in [4.69, 9.17) is 0 Å². The van der Waals surface area contributed by atoms with Crippen molar-refractivity contribution in [2.45, 2.75) is 62.3 Å².